The molecule has 1 heterocycles. The summed E-state index contributed by atoms with van der Waals surface area (Å²) < 4.78 is 0. The molecule has 0 spiro atoms. The van der Waals surface area contributed by atoms with Gasteiger partial charge >= 0.3 is 0 Å². The molecule has 2 aromatic carbocycles. The summed E-state index contributed by atoms with van der Waals surface area (Å²) >= 11 is 1.45. The molecule has 0 saturated carbocycles. The number of hydrogen-bond acceptors (Lipinski definition) is 4. The van der Waals surface area contributed by atoms with Crippen LogP contribution in [-0.4, -0.2) is 27.7 Å². The van der Waals surface area contributed by atoms with Crippen LogP contribution >= 0.6 is 11.8 Å². The summed E-state index contributed by atoms with van der Waals surface area (Å²) in [5.74, 6) is 0.393. The maximum absolute atomic E-state index is 12.2. The van der Waals surface area contributed by atoms with E-state index in [4.69, 9.17) is 0 Å². The van der Waals surface area contributed by atoms with Gasteiger partial charge in [0.25, 0.3) is 0 Å². The van der Waals surface area contributed by atoms with Crippen molar-refractivity contribution in [2.75, 3.05) is 5.75 Å². The van der Waals surface area contributed by atoms with Crippen LogP contribution in [0, 0.1) is 0 Å². The number of fused-ring (bicyclic) bond motifs is 1. The molecule has 1 unspecified atom stereocenters. The monoisotopic (exact) mass is 351 g/mol. The number of nitrogens with zero attached hydrogens (tertiary/aromatic N) is 2. The molecule has 1 N–H and O–H groups in total. The van der Waals surface area contributed by atoms with Crippen LogP contribution in [0.2, 0.25) is 0 Å². The zero-order valence-electron chi connectivity index (χ0n) is 14.2. The van der Waals surface area contributed by atoms with E-state index in [1.165, 1.54) is 17.3 Å². The number of para-hydroxylation sites is 1. The Morgan fingerprint density at radius 1 is 1.08 bits per heavy atom. The molecule has 0 saturated heterocycles. The van der Waals surface area contributed by atoms with Gasteiger partial charge in [0.2, 0.25) is 5.91 Å². The Hall–Kier alpha value is -2.40. The second-order valence-corrected chi connectivity index (χ2v) is 6.94. The van der Waals surface area contributed by atoms with Crippen LogP contribution in [0.4, 0.5) is 0 Å². The fraction of sp³-hybridized carbons (Fsp3) is 0.250. The second kappa shape index (κ2) is 8.62. The van der Waals surface area contributed by atoms with Crippen LogP contribution < -0.4 is 5.32 Å². The quantitative estimate of drug-likeness (QED) is 0.519. The van der Waals surface area contributed by atoms with E-state index in [2.05, 4.69) is 27.4 Å². The van der Waals surface area contributed by atoms with Gasteiger partial charge in [-0.3, -0.25) is 4.79 Å². The van der Waals surface area contributed by atoms with Crippen molar-refractivity contribution in [3.8, 4) is 0 Å². The Labute approximate surface area is 152 Å². The molecule has 3 rings (SSSR count). The van der Waals surface area contributed by atoms with Gasteiger partial charge in [-0.25, -0.2) is 9.97 Å². The smallest absolute Gasteiger partial charge is 0.230 e. The minimum Gasteiger partial charge on any atom is -0.353 e. The number of carbonyl (C=O) groups excluding carboxylic acids is 1. The summed E-state index contributed by atoms with van der Waals surface area (Å²) in [4.78, 5) is 20.8. The lowest BCUT2D eigenvalue weighted by atomic mass is 10.1. The molecule has 5 heteroatoms. The minimum atomic E-state index is 0.0354. The number of rotatable bonds is 7. The van der Waals surface area contributed by atoms with Crippen LogP contribution in [0.3, 0.4) is 0 Å². The Bertz CT molecular complexity index is 833. The summed E-state index contributed by atoms with van der Waals surface area (Å²) in [6.07, 6.45) is 3.44. The molecule has 1 aromatic heterocycles. The van der Waals surface area contributed by atoms with Crippen LogP contribution in [0.1, 0.15) is 18.9 Å². The first kappa shape index (κ1) is 17.4. The molecular weight excluding hydrogens is 330 g/mol. The second-order valence-electron chi connectivity index (χ2n) is 5.98. The van der Waals surface area contributed by atoms with E-state index in [1.54, 1.807) is 6.33 Å². The van der Waals surface area contributed by atoms with E-state index >= 15 is 0 Å². The molecule has 0 aliphatic heterocycles. The molecule has 4 nitrogen and oxygen atoms in total. The lowest BCUT2D eigenvalue weighted by Crippen LogP contribution is -2.34. The molecule has 0 bridgehead atoms. The maximum atomic E-state index is 12.2. The van der Waals surface area contributed by atoms with Crippen LogP contribution in [-0.2, 0) is 11.2 Å². The van der Waals surface area contributed by atoms with Crippen molar-refractivity contribution in [1.29, 1.82) is 0 Å². The third-order valence-electron chi connectivity index (χ3n) is 3.96. The number of hydrogen-bond donors (Lipinski definition) is 1. The highest BCUT2D eigenvalue weighted by atomic mass is 32.2. The zero-order chi connectivity index (χ0) is 17.5. The topological polar surface area (TPSA) is 54.9 Å². The number of benzene rings is 2. The number of thioether (sulfide) groups is 1. The molecule has 0 aliphatic carbocycles. The van der Waals surface area contributed by atoms with Gasteiger partial charge in [-0.2, -0.15) is 0 Å². The highest BCUT2D eigenvalue weighted by molar-refractivity contribution is 8.00. The Morgan fingerprint density at radius 3 is 2.68 bits per heavy atom. The van der Waals surface area contributed by atoms with Crippen molar-refractivity contribution in [2.45, 2.75) is 30.8 Å². The van der Waals surface area contributed by atoms with Crippen LogP contribution in [0.15, 0.2) is 66.0 Å². The molecule has 128 valence electrons. The molecule has 0 aliphatic rings. The summed E-state index contributed by atoms with van der Waals surface area (Å²) in [6.45, 7) is 2.05. The van der Waals surface area contributed by atoms with Gasteiger partial charge in [-0.1, -0.05) is 60.3 Å². The van der Waals surface area contributed by atoms with Gasteiger partial charge < -0.3 is 5.32 Å². The molecule has 0 fully saturated rings. The van der Waals surface area contributed by atoms with Gasteiger partial charge in [0.15, 0.2) is 0 Å². The SMILES string of the molecule is CC(CCc1ccccc1)NC(=O)CSc1ncnc2ccccc12. The Balaban J connectivity index is 1.49. The average Bonchev–Trinajstić information content (AvgIpc) is 2.65. The van der Waals surface area contributed by atoms with E-state index < -0.39 is 0 Å². The molecule has 25 heavy (non-hydrogen) atoms. The van der Waals surface area contributed by atoms with Crippen LogP contribution in [0.5, 0.6) is 0 Å². The van der Waals surface area contributed by atoms with E-state index in [0.717, 1.165) is 28.8 Å². The first-order valence-electron chi connectivity index (χ1n) is 8.38. The van der Waals surface area contributed by atoms with Crippen molar-refractivity contribution in [2.24, 2.45) is 0 Å². The van der Waals surface area contributed by atoms with Gasteiger partial charge in [0.1, 0.15) is 11.4 Å². The minimum absolute atomic E-state index is 0.0354. The number of carbonyl (C=O) groups is 1. The normalized spacial score (nSPS) is 12.0. The highest BCUT2D eigenvalue weighted by Gasteiger charge is 2.10. The molecule has 0 radical (unpaired) electrons. The Kier molecular flexibility index (Phi) is 6.01. The number of aromatic nitrogens is 2. The first-order chi connectivity index (χ1) is 12.2. The largest absolute Gasteiger partial charge is 0.353 e. The van der Waals surface area contributed by atoms with Crippen molar-refractivity contribution in [3.63, 3.8) is 0 Å². The lowest BCUT2D eigenvalue weighted by molar-refractivity contribution is -0.119. The predicted octanol–water partition coefficient (Wildman–Crippen LogP) is 3.86. The highest BCUT2D eigenvalue weighted by Crippen LogP contribution is 2.23. The zero-order valence-corrected chi connectivity index (χ0v) is 15.0. The molecule has 3 aromatic rings. The van der Waals surface area contributed by atoms with Gasteiger partial charge in [-0.15, -0.1) is 0 Å². The van der Waals surface area contributed by atoms with Crippen molar-refractivity contribution in [3.05, 3.63) is 66.5 Å². The number of nitrogens with one attached hydrogen (secondary N) is 1. The van der Waals surface area contributed by atoms with E-state index in [1.807, 2.05) is 49.4 Å². The molecule has 1 atom stereocenters. The van der Waals surface area contributed by atoms with E-state index in [9.17, 15) is 4.79 Å². The third-order valence-corrected chi connectivity index (χ3v) is 4.97. The summed E-state index contributed by atoms with van der Waals surface area (Å²) in [6, 6.07) is 18.3. The summed E-state index contributed by atoms with van der Waals surface area (Å²) in [5, 5.41) is 4.90. The lowest BCUT2D eigenvalue weighted by Gasteiger charge is -2.14. The summed E-state index contributed by atoms with van der Waals surface area (Å²) in [5.41, 5.74) is 2.20. The van der Waals surface area contributed by atoms with Crippen LogP contribution in [0.25, 0.3) is 10.9 Å². The van der Waals surface area contributed by atoms with Gasteiger partial charge in [0.05, 0.1) is 11.3 Å². The van der Waals surface area contributed by atoms with Crippen molar-refractivity contribution >= 4 is 28.6 Å². The number of amides is 1. The summed E-state index contributed by atoms with van der Waals surface area (Å²) in [7, 11) is 0. The predicted molar refractivity (Wildman–Crippen MR) is 103 cm³/mol. The standard InChI is InChI=1S/C20H21N3OS/c1-15(11-12-16-7-3-2-4-8-16)23-19(24)13-25-20-17-9-5-6-10-18(17)21-14-22-20/h2-10,14-15H,11-13H2,1H3,(H,23,24). The third kappa shape index (κ3) is 5.03. The fourth-order valence-corrected chi connectivity index (χ4v) is 3.45. The van der Waals surface area contributed by atoms with Gasteiger partial charge in [-0.05, 0) is 31.4 Å². The van der Waals surface area contributed by atoms with E-state index in [0.29, 0.717) is 5.75 Å². The fourth-order valence-electron chi connectivity index (χ4n) is 2.65. The maximum Gasteiger partial charge on any atom is 0.230 e. The van der Waals surface area contributed by atoms with Crippen molar-refractivity contribution in [1.82, 2.24) is 15.3 Å². The van der Waals surface area contributed by atoms with Gasteiger partial charge in [0, 0.05) is 11.4 Å². The first-order valence-corrected chi connectivity index (χ1v) is 9.37. The molecule has 1 amide bonds. The molecular formula is C20H21N3OS. The van der Waals surface area contributed by atoms with Crippen molar-refractivity contribution < 1.29 is 4.79 Å². The average molecular weight is 351 g/mol. The number of aryl methyl sites for hydroxylation is 1. The van der Waals surface area contributed by atoms with E-state index in [-0.39, 0.29) is 11.9 Å². The Morgan fingerprint density at radius 2 is 1.84 bits per heavy atom.